The Kier molecular flexibility index (Phi) is 10.2. The standard InChI is InChI=1S/C12H20O5/c1-3-5-8-16-11(13)6-7-12(14)17-10-9-15-4-2/h6-7H,3-5,8-10H2,1-2H3/b7-6+. The van der Waals surface area contributed by atoms with Crippen molar-refractivity contribution in [2.45, 2.75) is 26.7 Å². The lowest BCUT2D eigenvalue weighted by Gasteiger charge is -2.01. The van der Waals surface area contributed by atoms with Crippen molar-refractivity contribution < 1.29 is 23.8 Å². The number of esters is 2. The third-order valence-electron chi connectivity index (χ3n) is 1.77. The Morgan fingerprint density at radius 3 is 2.06 bits per heavy atom. The molecule has 98 valence electrons. The van der Waals surface area contributed by atoms with Crippen LogP contribution in [0.3, 0.4) is 0 Å². The highest BCUT2D eigenvalue weighted by molar-refractivity contribution is 5.91. The van der Waals surface area contributed by atoms with E-state index in [4.69, 9.17) is 14.2 Å². The number of hydrogen-bond acceptors (Lipinski definition) is 5. The third-order valence-corrected chi connectivity index (χ3v) is 1.77. The quantitative estimate of drug-likeness (QED) is 0.349. The van der Waals surface area contributed by atoms with Crippen LogP contribution in [-0.2, 0) is 23.8 Å². The molecule has 0 N–H and O–H groups in total. The van der Waals surface area contributed by atoms with Gasteiger partial charge in [-0.15, -0.1) is 0 Å². The van der Waals surface area contributed by atoms with Gasteiger partial charge in [-0.1, -0.05) is 13.3 Å². The molecule has 0 radical (unpaired) electrons. The topological polar surface area (TPSA) is 61.8 Å². The van der Waals surface area contributed by atoms with Crippen LogP contribution in [0.2, 0.25) is 0 Å². The van der Waals surface area contributed by atoms with Gasteiger partial charge in [0.1, 0.15) is 6.61 Å². The molecule has 0 saturated carbocycles. The molecule has 0 aromatic heterocycles. The average molecular weight is 244 g/mol. The molecule has 0 spiro atoms. The SMILES string of the molecule is CCCCOC(=O)/C=C/C(=O)OCCOCC. The predicted molar refractivity (Wildman–Crippen MR) is 62.5 cm³/mol. The first-order valence-corrected chi connectivity index (χ1v) is 5.80. The van der Waals surface area contributed by atoms with Gasteiger partial charge in [-0.3, -0.25) is 0 Å². The molecule has 0 rings (SSSR count). The van der Waals surface area contributed by atoms with Crippen molar-refractivity contribution in [3.8, 4) is 0 Å². The molecule has 0 bridgehead atoms. The summed E-state index contributed by atoms with van der Waals surface area (Å²) in [6.45, 7) is 5.35. The van der Waals surface area contributed by atoms with Gasteiger partial charge in [-0.2, -0.15) is 0 Å². The van der Waals surface area contributed by atoms with Gasteiger partial charge in [0.2, 0.25) is 0 Å². The van der Waals surface area contributed by atoms with Crippen LogP contribution in [0.5, 0.6) is 0 Å². The fraction of sp³-hybridized carbons (Fsp3) is 0.667. The molecule has 0 aliphatic rings. The zero-order valence-electron chi connectivity index (χ0n) is 10.4. The van der Waals surface area contributed by atoms with E-state index in [9.17, 15) is 9.59 Å². The maximum Gasteiger partial charge on any atom is 0.331 e. The zero-order chi connectivity index (χ0) is 12.9. The van der Waals surface area contributed by atoms with Gasteiger partial charge in [0.25, 0.3) is 0 Å². The molecule has 0 aliphatic heterocycles. The van der Waals surface area contributed by atoms with Crippen molar-refractivity contribution in [2.75, 3.05) is 26.4 Å². The summed E-state index contributed by atoms with van der Waals surface area (Å²) in [7, 11) is 0. The highest BCUT2D eigenvalue weighted by Gasteiger charge is 2.00. The van der Waals surface area contributed by atoms with E-state index in [1.54, 1.807) is 0 Å². The Morgan fingerprint density at radius 1 is 0.941 bits per heavy atom. The highest BCUT2D eigenvalue weighted by Crippen LogP contribution is 1.90. The van der Waals surface area contributed by atoms with Crippen molar-refractivity contribution in [2.24, 2.45) is 0 Å². The van der Waals surface area contributed by atoms with Gasteiger partial charge in [-0.25, -0.2) is 9.59 Å². The number of unbranched alkanes of at least 4 members (excludes halogenated alkanes) is 1. The van der Waals surface area contributed by atoms with E-state index in [0.717, 1.165) is 25.0 Å². The summed E-state index contributed by atoms with van der Waals surface area (Å²) in [5.41, 5.74) is 0. The zero-order valence-corrected chi connectivity index (χ0v) is 10.4. The Balaban J connectivity index is 3.60. The molecule has 17 heavy (non-hydrogen) atoms. The van der Waals surface area contributed by atoms with E-state index >= 15 is 0 Å². The molecule has 0 atom stereocenters. The number of rotatable bonds is 9. The Hall–Kier alpha value is -1.36. The fourth-order valence-electron chi connectivity index (χ4n) is 0.895. The Morgan fingerprint density at radius 2 is 1.53 bits per heavy atom. The predicted octanol–water partition coefficient (Wildman–Crippen LogP) is 1.47. The normalized spacial score (nSPS) is 10.5. The second-order valence-corrected chi connectivity index (χ2v) is 3.22. The molecule has 0 amide bonds. The van der Waals surface area contributed by atoms with Crippen LogP contribution in [0, 0.1) is 0 Å². The van der Waals surface area contributed by atoms with Gasteiger partial charge in [-0.05, 0) is 13.3 Å². The summed E-state index contributed by atoms with van der Waals surface area (Å²) in [6, 6.07) is 0. The summed E-state index contributed by atoms with van der Waals surface area (Å²) in [6.07, 6.45) is 3.90. The molecular weight excluding hydrogens is 224 g/mol. The van der Waals surface area contributed by atoms with E-state index < -0.39 is 11.9 Å². The van der Waals surface area contributed by atoms with Gasteiger partial charge in [0, 0.05) is 18.8 Å². The minimum absolute atomic E-state index is 0.182. The summed E-state index contributed by atoms with van der Waals surface area (Å²) < 4.78 is 14.6. The first-order chi connectivity index (χ1) is 8.20. The lowest BCUT2D eigenvalue weighted by atomic mass is 10.4. The summed E-state index contributed by atoms with van der Waals surface area (Å²) in [5, 5.41) is 0. The number of carbonyl (C=O) groups is 2. The van der Waals surface area contributed by atoms with Crippen LogP contribution in [0.15, 0.2) is 12.2 Å². The maximum atomic E-state index is 11.1. The molecule has 0 aromatic carbocycles. The molecule has 0 unspecified atom stereocenters. The van der Waals surface area contributed by atoms with Crippen LogP contribution in [0.1, 0.15) is 26.7 Å². The van der Waals surface area contributed by atoms with Crippen molar-refractivity contribution in [3.63, 3.8) is 0 Å². The Bertz CT molecular complexity index is 247. The lowest BCUT2D eigenvalue weighted by Crippen LogP contribution is -2.09. The smallest absolute Gasteiger partial charge is 0.331 e. The van der Waals surface area contributed by atoms with Crippen LogP contribution >= 0.6 is 0 Å². The van der Waals surface area contributed by atoms with Gasteiger partial charge in [0.15, 0.2) is 0 Å². The maximum absolute atomic E-state index is 11.1. The van der Waals surface area contributed by atoms with E-state index in [1.165, 1.54) is 0 Å². The molecule has 5 nitrogen and oxygen atoms in total. The highest BCUT2D eigenvalue weighted by atomic mass is 16.6. The molecule has 0 saturated heterocycles. The number of hydrogen-bond donors (Lipinski definition) is 0. The molecule has 0 fully saturated rings. The first kappa shape index (κ1) is 15.6. The van der Waals surface area contributed by atoms with Gasteiger partial charge < -0.3 is 14.2 Å². The van der Waals surface area contributed by atoms with Crippen molar-refractivity contribution in [3.05, 3.63) is 12.2 Å². The summed E-state index contributed by atoms with van der Waals surface area (Å²) in [4.78, 5) is 22.1. The van der Waals surface area contributed by atoms with Gasteiger partial charge >= 0.3 is 11.9 Å². The Labute approximate surface area is 102 Å². The molecule has 0 aromatic rings. The molecule has 0 aliphatic carbocycles. The van der Waals surface area contributed by atoms with Crippen LogP contribution in [0.25, 0.3) is 0 Å². The monoisotopic (exact) mass is 244 g/mol. The van der Waals surface area contributed by atoms with Crippen molar-refractivity contribution in [1.82, 2.24) is 0 Å². The second-order valence-electron chi connectivity index (χ2n) is 3.22. The minimum atomic E-state index is -0.572. The van der Waals surface area contributed by atoms with E-state index in [1.807, 2.05) is 13.8 Å². The van der Waals surface area contributed by atoms with E-state index in [-0.39, 0.29) is 6.61 Å². The van der Waals surface area contributed by atoms with Crippen LogP contribution in [-0.4, -0.2) is 38.4 Å². The van der Waals surface area contributed by atoms with Gasteiger partial charge in [0.05, 0.1) is 13.2 Å². The first-order valence-electron chi connectivity index (χ1n) is 5.80. The minimum Gasteiger partial charge on any atom is -0.463 e. The van der Waals surface area contributed by atoms with Crippen molar-refractivity contribution >= 4 is 11.9 Å². The second kappa shape index (κ2) is 11.1. The fourth-order valence-corrected chi connectivity index (χ4v) is 0.895. The number of ether oxygens (including phenoxy) is 3. The molecule has 0 heterocycles. The summed E-state index contributed by atoms with van der Waals surface area (Å²) in [5.74, 6) is -1.10. The van der Waals surface area contributed by atoms with E-state index in [0.29, 0.717) is 19.8 Å². The van der Waals surface area contributed by atoms with Crippen LogP contribution < -0.4 is 0 Å². The average Bonchev–Trinajstić information content (AvgIpc) is 2.32. The number of carbonyl (C=O) groups excluding carboxylic acids is 2. The van der Waals surface area contributed by atoms with E-state index in [2.05, 4.69) is 0 Å². The van der Waals surface area contributed by atoms with Crippen LogP contribution in [0.4, 0.5) is 0 Å². The summed E-state index contributed by atoms with van der Waals surface area (Å²) >= 11 is 0. The van der Waals surface area contributed by atoms with Crippen molar-refractivity contribution in [1.29, 1.82) is 0 Å². The molecular formula is C12H20O5. The molecule has 5 heteroatoms. The third kappa shape index (κ3) is 10.9. The largest absolute Gasteiger partial charge is 0.463 e. The lowest BCUT2D eigenvalue weighted by molar-refractivity contribution is -0.141.